The fourth-order valence-electron chi connectivity index (χ4n) is 2.35. The number of hydrogen-bond acceptors (Lipinski definition) is 5. The lowest BCUT2D eigenvalue weighted by molar-refractivity contribution is -0.0372. The van der Waals surface area contributed by atoms with Gasteiger partial charge in [0.25, 0.3) is 0 Å². The van der Waals surface area contributed by atoms with E-state index in [1.807, 2.05) is 19.2 Å². The van der Waals surface area contributed by atoms with Crippen LogP contribution < -0.4 is 11.1 Å². The number of nitrogens with two attached hydrogens (primary N) is 1. The maximum atomic E-state index is 5.85. The molecule has 1 fully saturated rings. The molecule has 100 valence electrons. The molecular weight excluding hydrogens is 228 g/mol. The Morgan fingerprint density at radius 1 is 1.67 bits per heavy atom. The molecular formula is C13H22N4O. The Morgan fingerprint density at radius 2 is 2.50 bits per heavy atom. The first-order valence-corrected chi connectivity index (χ1v) is 6.37. The smallest absolute Gasteiger partial charge is 0.123 e. The number of morpholine rings is 1. The Bertz CT molecular complexity index is 385. The van der Waals surface area contributed by atoms with Crippen molar-refractivity contribution in [2.75, 3.05) is 39.5 Å². The van der Waals surface area contributed by atoms with Crippen LogP contribution in [0.5, 0.6) is 0 Å². The fourth-order valence-corrected chi connectivity index (χ4v) is 2.35. The first kappa shape index (κ1) is 13.3. The third-order valence-corrected chi connectivity index (χ3v) is 3.42. The van der Waals surface area contributed by atoms with Crippen LogP contribution in [0.15, 0.2) is 18.3 Å². The highest BCUT2D eigenvalue weighted by Crippen LogP contribution is 2.13. The summed E-state index contributed by atoms with van der Waals surface area (Å²) in [5.41, 5.74) is 6.90. The standard InChI is InChI=1S/C13H22N4O/c1-15-11(12-9-17(2)5-6-18-12)7-10-3-4-16-13(14)8-10/h3-4,8,11-12,15H,5-7,9H2,1-2H3,(H2,14,16). The molecule has 2 rings (SSSR count). The Kier molecular flexibility index (Phi) is 4.52. The quantitative estimate of drug-likeness (QED) is 0.795. The Morgan fingerprint density at radius 3 is 3.17 bits per heavy atom. The zero-order valence-corrected chi connectivity index (χ0v) is 11.1. The average Bonchev–Trinajstić information content (AvgIpc) is 2.36. The van der Waals surface area contributed by atoms with Crippen molar-refractivity contribution in [2.24, 2.45) is 0 Å². The van der Waals surface area contributed by atoms with E-state index in [9.17, 15) is 0 Å². The van der Waals surface area contributed by atoms with Gasteiger partial charge >= 0.3 is 0 Å². The monoisotopic (exact) mass is 250 g/mol. The predicted octanol–water partition coefficient (Wildman–Crippen LogP) is 0.125. The van der Waals surface area contributed by atoms with Crippen molar-refractivity contribution in [2.45, 2.75) is 18.6 Å². The third kappa shape index (κ3) is 3.41. The maximum absolute atomic E-state index is 5.85. The van der Waals surface area contributed by atoms with Gasteiger partial charge in [-0.25, -0.2) is 4.98 Å². The molecule has 0 radical (unpaired) electrons. The van der Waals surface area contributed by atoms with Crippen LogP contribution in [0.3, 0.4) is 0 Å². The number of nitrogens with zero attached hydrogens (tertiary/aromatic N) is 2. The molecule has 0 saturated carbocycles. The van der Waals surface area contributed by atoms with Crippen LogP contribution in [0.25, 0.3) is 0 Å². The minimum Gasteiger partial charge on any atom is -0.384 e. The summed E-state index contributed by atoms with van der Waals surface area (Å²) >= 11 is 0. The van der Waals surface area contributed by atoms with Crippen LogP contribution in [-0.2, 0) is 11.2 Å². The molecule has 1 saturated heterocycles. The molecule has 1 aliphatic heterocycles. The molecule has 1 aliphatic rings. The number of anilines is 1. The summed E-state index contributed by atoms with van der Waals surface area (Å²) in [6, 6.07) is 4.24. The van der Waals surface area contributed by atoms with Gasteiger partial charge in [-0.3, -0.25) is 0 Å². The average molecular weight is 250 g/mol. The van der Waals surface area contributed by atoms with Crippen LogP contribution in [0, 0.1) is 0 Å². The van der Waals surface area contributed by atoms with Crippen LogP contribution in [0.1, 0.15) is 5.56 Å². The molecule has 0 aliphatic carbocycles. The van der Waals surface area contributed by atoms with Crippen LogP contribution in [-0.4, -0.2) is 55.8 Å². The number of ether oxygens (including phenoxy) is 1. The largest absolute Gasteiger partial charge is 0.384 e. The van der Waals surface area contributed by atoms with E-state index in [0.29, 0.717) is 11.9 Å². The highest BCUT2D eigenvalue weighted by molar-refractivity contribution is 5.32. The minimum atomic E-state index is 0.225. The molecule has 0 spiro atoms. The van der Waals surface area contributed by atoms with Crippen molar-refractivity contribution in [3.8, 4) is 0 Å². The summed E-state index contributed by atoms with van der Waals surface area (Å²) in [5.74, 6) is 0.573. The molecule has 2 heterocycles. The summed E-state index contributed by atoms with van der Waals surface area (Å²) in [6.45, 7) is 2.78. The molecule has 2 unspecified atom stereocenters. The lowest BCUT2D eigenvalue weighted by Gasteiger charge is -2.35. The number of rotatable bonds is 4. The van der Waals surface area contributed by atoms with Crippen LogP contribution in [0.4, 0.5) is 5.82 Å². The van der Waals surface area contributed by atoms with Crippen LogP contribution in [0.2, 0.25) is 0 Å². The lowest BCUT2D eigenvalue weighted by atomic mass is 10.0. The number of nitrogens with one attached hydrogen (secondary N) is 1. The van der Waals surface area contributed by atoms with Crippen molar-refractivity contribution in [1.29, 1.82) is 0 Å². The molecule has 0 aromatic carbocycles. The molecule has 0 amide bonds. The van der Waals surface area contributed by atoms with E-state index in [1.54, 1.807) is 6.20 Å². The SMILES string of the molecule is CNC(Cc1ccnc(N)c1)C1CN(C)CCO1. The van der Waals surface area contributed by atoms with Gasteiger partial charge in [0.1, 0.15) is 5.82 Å². The van der Waals surface area contributed by atoms with E-state index in [4.69, 9.17) is 10.5 Å². The van der Waals surface area contributed by atoms with Gasteiger partial charge in [-0.2, -0.15) is 0 Å². The number of likely N-dealkylation sites (N-methyl/N-ethyl adjacent to an activating group) is 2. The number of pyridine rings is 1. The second kappa shape index (κ2) is 6.13. The summed E-state index contributed by atoms with van der Waals surface area (Å²) in [7, 11) is 4.11. The summed E-state index contributed by atoms with van der Waals surface area (Å²) in [5, 5.41) is 3.35. The predicted molar refractivity (Wildman–Crippen MR) is 72.4 cm³/mol. The normalized spacial score (nSPS) is 22.9. The molecule has 1 aromatic heterocycles. The molecule has 5 heteroatoms. The van der Waals surface area contributed by atoms with Gasteiger partial charge in [-0.1, -0.05) is 0 Å². The van der Waals surface area contributed by atoms with E-state index in [0.717, 1.165) is 26.1 Å². The molecule has 3 N–H and O–H groups in total. The van der Waals surface area contributed by atoms with E-state index < -0.39 is 0 Å². The van der Waals surface area contributed by atoms with Crippen molar-refractivity contribution < 1.29 is 4.74 Å². The second-order valence-electron chi connectivity index (χ2n) is 4.86. The van der Waals surface area contributed by atoms with Crippen LogP contribution >= 0.6 is 0 Å². The summed E-state index contributed by atoms with van der Waals surface area (Å²) < 4.78 is 5.85. The van der Waals surface area contributed by atoms with Gasteiger partial charge in [-0.15, -0.1) is 0 Å². The first-order valence-electron chi connectivity index (χ1n) is 6.37. The molecule has 1 aromatic rings. The van der Waals surface area contributed by atoms with Crippen molar-refractivity contribution in [1.82, 2.24) is 15.2 Å². The second-order valence-corrected chi connectivity index (χ2v) is 4.86. The molecule has 5 nitrogen and oxygen atoms in total. The van der Waals surface area contributed by atoms with Crippen molar-refractivity contribution >= 4 is 5.82 Å². The Hall–Kier alpha value is -1.17. The van der Waals surface area contributed by atoms with Gasteiger partial charge < -0.3 is 20.7 Å². The number of nitrogen functional groups attached to an aromatic ring is 1. The summed E-state index contributed by atoms with van der Waals surface area (Å²) in [4.78, 5) is 6.32. The van der Waals surface area contributed by atoms with Crippen molar-refractivity contribution in [3.63, 3.8) is 0 Å². The Balaban J connectivity index is 2.00. The molecule has 0 bridgehead atoms. The van der Waals surface area contributed by atoms with Gasteiger partial charge in [0.05, 0.1) is 12.7 Å². The van der Waals surface area contributed by atoms with Gasteiger partial charge in [0.2, 0.25) is 0 Å². The number of hydrogen-bond donors (Lipinski definition) is 2. The lowest BCUT2D eigenvalue weighted by Crippen LogP contribution is -2.51. The van der Waals surface area contributed by atoms with Gasteiger partial charge in [-0.05, 0) is 38.2 Å². The Labute approximate surface area is 108 Å². The topological polar surface area (TPSA) is 63.4 Å². The number of aromatic nitrogens is 1. The van der Waals surface area contributed by atoms with E-state index >= 15 is 0 Å². The fraction of sp³-hybridized carbons (Fsp3) is 0.615. The molecule has 18 heavy (non-hydrogen) atoms. The van der Waals surface area contributed by atoms with Crippen molar-refractivity contribution in [3.05, 3.63) is 23.9 Å². The zero-order valence-electron chi connectivity index (χ0n) is 11.1. The minimum absolute atomic E-state index is 0.225. The maximum Gasteiger partial charge on any atom is 0.123 e. The zero-order chi connectivity index (χ0) is 13.0. The third-order valence-electron chi connectivity index (χ3n) is 3.42. The van der Waals surface area contributed by atoms with E-state index in [2.05, 4.69) is 22.2 Å². The first-order chi connectivity index (χ1) is 8.69. The summed E-state index contributed by atoms with van der Waals surface area (Å²) in [6.07, 6.45) is 2.88. The van der Waals surface area contributed by atoms with E-state index in [-0.39, 0.29) is 6.10 Å². The van der Waals surface area contributed by atoms with Gasteiger partial charge in [0, 0.05) is 25.3 Å². The van der Waals surface area contributed by atoms with Gasteiger partial charge in [0.15, 0.2) is 0 Å². The molecule has 2 atom stereocenters. The van der Waals surface area contributed by atoms with E-state index in [1.165, 1.54) is 5.56 Å². The highest BCUT2D eigenvalue weighted by atomic mass is 16.5. The highest BCUT2D eigenvalue weighted by Gasteiger charge is 2.25.